The number of nitrogens with one attached hydrogen (secondary N) is 1. The maximum absolute atomic E-state index is 12.9. The second-order valence-electron chi connectivity index (χ2n) is 10.8. The van der Waals surface area contributed by atoms with Crippen LogP contribution in [0.5, 0.6) is 0 Å². The highest BCUT2D eigenvalue weighted by atomic mass is 32.1. The molecule has 0 atom stereocenters. The SMILES string of the molecule is NC1(c2ccc(-c3nnc(NC(=O)CC4CCC(N5CCOC5=O)CC4)cc3-c3ccsc3)cc2)CCC1. The van der Waals surface area contributed by atoms with Crippen molar-refractivity contribution >= 4 is 29.2 Å². The summed E-state index contributed by atoms with van der Waals surface area (Å²) in [5.74, 6) is 0.708. The number of carbonyl (C=O) groups excluding carboxylic acids is 2. The number of cyclic esters (lactones) is 1. The van der Waals surface area contributed by atoms with E-state index in [0.717, 1.165) is 66.5 Å². The minimum absolute atomic E-state index is 0.0505. The van der Waals surface area contributed by atoms with Crippen LogP contribution in [0.3, 0.4) is 0 Å². The predicted molar refractivity (Wildman–Crippen MR) is 148 cm³/mol. The Labute approximate surface area is 226 Å². The topological polar surface area (TPSA) is 110 Å². The van der Waals surface area contributed by atoms with Crippen molar-refractivity contribution in [3.63, 3.8) is 0 Å². The third kappa shape index (κ3) is 5.05. The lowest BCUT2D eigenvalue weighted by Crippen LogP contribution is -2.43. The third-order valence-corrected chi connectivity index (χ3v) is 9.08. The van der Waals surface area contributed by atoms with E-state index in [4.69, 9.17) is 10.5 Å². The molecule has 6 rings (SSSR count). The summed E-state index contributed by atoms with van der Waals surface area (Å²) in [5.41, 5.74) is 11.2. The van der Waals surface area contributed by atoms with Crippen LogP contribution in [0.25, 0.3) is 22.4 Å². The molecule has 1 aliphatic heterocycles. The van der Waals surface area contributed by atoms with Crippen LogP contribution < -0.4 is 11.1 Å². The van der Waals surface area contributed by atoms with Crippen molar-refractivity contribution in [1.29, 1.82) is 0 Å². The quantitative estimate of drug-likeness (QED) is 0.414. The van der Waals surface area contributed by atoms with Crippen LogP contribution in [0.4, 0.5) is 10.6 Å². The maximum atomic E-state index is 12.9. The van der Waals surface area contributed by atoms with Crippen molar-refractivity contribution in [1.82, 2.24) is 15.1 Å². The molecular formula is C29H33N5O3S. The minimum atomic E-state index is -0.202. The van der Waals surface area contributed by atoms with Crippen molar-refractivity contribution in [3.05, 3.63) is 52.7 Å². The molecule has 8 nitrogen and oxygen atoms in total. The fourth-order valence-corrected chi connectivity index (χ4v) is 6.62. The van der Waals surface area contributed by atoms with Gasteiger partial charge in [-0.25, -0.2) is 4.79 Å². The molecule has 38 heavy (non-hydrogen) atoms. The first-order valence-electron chi connectivity index (χ1n) is 13.5. The number of carbonyl (C=O) groups is 2. The molecule has 198 valence electrons. The smallest absolute Gasteiger partial charge is 0.410 e. The molecule has 0 bridgehead atoms. The molecule has 2 aromatic heterocycles. The highest BCUT2D eigenvalue weighted by molar-refractivity contribution is 7.08. The van der Waals surface area contributed by atoms with E-state index in [2.05, 4.69) is 51.2 Å². The van der Waals surface area contributed by atoms with Crippen LogP contribution in [0.1, 0.15) is 56.9 Å². The van der Waals surface area contributed by atoms with Gasteiger partial charge in [0.15, 0.2) is 5.82 Å². The molecule has 3 N–H and O–H groups in total. The number of hydrogen-bond donors (Lipinski definition) is 2. The van der Waals surface area contributed by atoms with Gasteiger partial charge in [0, 0.05) is 29.1 Å². The number of hydrogen-bond acceptors (Lipinski definition) is 7. The molecule has 2 aliphatic carbocycles. The molecule has 3 aliphatic rings. The number of amides is 2. The van der Waals surface area contributed by atoms with Crippen LogP contribution in [0.15, 0.2) is 47.2 Å². The van der Waals surface area contributed by atoms with Crippen molar-refractivity contribution in [2.45, 2.75) is 62.9 Å². The lowest BCUT2D eigenvalue weighted by Gasteiger charge is -2.38. The standard InChI is InChI=1S/C29H33N5O3S/c30-29(11-1-12-29)22-6-4-20(5-7-22)27-24(21-10-15-38-18-21)17-25(32-33-27)31-26(35)16-19-2-8-23(9-3-19)34-13-14-37-28(34)36/h4-7,10,15,17-19,23H,1-3,8-9,11-14,16,30H2,(H,31,32,35). The van der Waals surface area contributed by atoms with E-state index in [0.29, 0.717) is 31.3 Å². The zero-order valence-corrected chi connectivity index (χ0v) is 22.2. The summed E-state index contributed by atoms with van der Waals surface area (Å²) in [6.45, 7) is 1.15. The second-order valence-corrected chi connectivity index (χ2v) is 11.6. The normalized spacial score (nSPS) is 22.6. The second kappa shape index (κ2) is 10.5. The van der Waals surface area contributed by atoms with E-state index in [9.17, 15) is 9.59 Å². The lowest BCUT2D eigenvalue weighted by atomic mass is 9.72. The Balaban J connectivity index is 1.13. The minimum Gasteiger partial charge on any atom is -0.448 e. The van der Waals surface area contributed by atoms with Crippen molar-refractivity contribution < 1.29 is 14.3 Å². The van der Waals surface area contributed by atoms with Gasteiger partial charge in [0.1, 0.15) is 12.3 Å². The highest BCUT2D eigenvalue weighted by Crippen LogP contribution is 2.40. The van der Waals surface area contributed by atoms with Crippen LogP contribution in [-0.4, -0.2) is 46.3 Å². The summed E-state index contributed by atoms with van der Waals surface area (Å²) in [6.07, 6.45) is 7.13. The Morgan fingerprint density at radius 3 is 2.53 bits per heavy atom. The molecule has 1 saturated heterocycles. The first-order chi connectivity index (χ1) is 18.5. The zero-order chi connectivity index (χ0) is 26.1. The van der Waals surface area contributed by atoms with Gasteiger partial charge in [-0.1, -0.05) is 24.3 Å². The van der Waals surface area contributed by atoms with Gasteiger partial charge in [-0.3, -0.25) is 4.79 Å². The van der Waals surface area contributed by atoms with Gasteiger partial charge in [0.2, 0.25) is 5.91 Å². The Morgan fingerprint density at radius 1 is 1.11 bits per heavy atom. The fourth-order valence-electron chi connectivity index (χ4n) is 5.96. The number of rotatable bonds is 7. The first-order valence-corrected chi connectivity index (χ1v) is 14.5. The number of benzene rings is 1. The molecule has 0 spiro atoms. The summed E-state index contributed by atoms with van der Waals surface area (Å²) < 4.78 is 5.08. The number of nitrogens with two attached hydrogens (primary N) is 1. The van der Waals surface area contributed by atoms with E-state index < -0.39 is 0 Å². The van der Waals surface area contributed by atoms with Crippen molar-refractivity contribution in [2.75, 3.05) is 18.5 Å². The zero-order valence-electron chi connectivity index (χ0n) is 21.4. The van der Waals surface area contributed by atoms with E-state index >= 15 is 0 Å². The largest absolute Gasteiger partial charge is 0.448 e. The monoisotopic (exact) mass is 531 g/mol. The van der Waals surface area contributed by atoms with Crippen molar-refractivity contribution in [2.24, 2.45) is 11.7 Å². The molecule has 3 fully saturated rings. The van der Waals surface area contributed by atoms with Gasteiger partial charge >= 0.3 is 6.09 Å². The van der Waals surface area contributed by atoms with Gasteiger partial charge in [0.05, 0.1) is 6.54 Å². The molecule has 9 heteroatoms. The van der Waals surface area contributed by atoms with Gasteiger partial charge < -0.3 is 20.7 Å². The van der Waals surface area contributed by atoms with E-state index in [1.165, 1.54) is 6.42 Å². The summed E-state index contributed by atoms with van der Waals surface area (Å²) in [7, 11) is 0. The molecule has 3 aromatic rings. The van der Waals surface area contributed by atoms with E-state index in [-0.39, 0.29) is 23.6 Å². The predicted octanol–water partition coefficient (Wildman–Crippen LogP) is 5.55. The highest BCUT2D eigenvalue weighted by Gasteiger charge is 2.35. The summed E-state index contributed by atoms with van der Waals surface area (Å²) in [6, 6.07) is 12.5. The Hall–Kier alpha value is -3.30. The average molecular weight is 532 g/mol. The van der Waals surface area contributed by atoms with Crippen molar-refractivity contribution in [3.8, 4) is 22.4 Å². The van der Waals surface area contributed by atoms with Crippen LogP contribution >= 0.6 is 11.3 Å². The summed E-state index contributed by atoms with van der Waals surface area (Å²) >= 11 is 1.62. The van der Waals surface area contributed by atoms with Crippen LogP contribution in [0, 0.1) is 5.92 Å². The van der Waals surface area contributed by atoms with E-state index in [1.807, 2.05) is 16.3 Å². The molecular weight excluding hydrogens is 498 g/mol. The van der Waals surface area contributed by atoms with Gasteiger partial charge in [-0.15, -0.1) is 10.2 Å². The summed E-state index contributed by atoms with van der Waals surface area (Å²) in [5, 5.41) is 16.0. The molecule has 2 amide bonds. The Morgan fingerprint density at radius 2 is 1.89 bits per heavy atom. The summed E-state index contributed by atoms with van der Waals surface area (Å²) in [4.78, 5) is 26.6. The molecule has 2 saturated carbocycles. The average Bonchev–Trinajstić information content (AvgIpc) is 3.60. The number of aromatic nitrogens is 2. The third-order valence-electron chi connectivity index (χ3n) is 8.40. The van der Waals surface area contributed by atoms with Crippen LogP contribution in [0.2, 0.25) is 0 Å². The Bertz CT molecular complexity index is 1300. The first kappa shape index (κ1) is 25.0. The van der Waals surface area contributed by atoms with Gasteiger partial charge in [-0.2, -0.15) is 11.3 Å². The molecule has 1 aromatic carbocycles. The molecule has 3 heterocycles. The van der Waals surface area contributed by atoms with Gasteiger partial charge in [0.25, 0.3) is 0 Å². The Kier molecular flexibility index (Phi) is 6.88. The molecule has 0 radical (unpaired) electrons. The number of anilines is 1. The molecule has 0 unspecified atom stereocenters. The number of ether oxygens (including phenoxy) is 1. The number of nitrogens with zero attached hydrogens (tertiary/aromatic N) is 3. The number of thiophene rings is 1. The van der Waals surface area contributed by atoms with E-state index in [1.54, 1.807) is 11.3 Å². The fraction of sp³-hybridized carbons (Fsp3) is 0.448. The maximum Gasteiger partial charge on any atom is 0.410 e. The van der Waals surface area contributed by atoms with Gasteiger partial charge in [-0.05, 0) is 84.9 Å². The lowest BCUT2D eigenvalue weighted by molar-refractivity contribution is -0.117. The van der Waals surface area contributed by atoms with Crippen LogP contribution in [-0.2, 0) is 15.1 Å².